The summed E-state index contributed by atoms with van der Waals surface area (Å²) in [6.45, 7) is 2.75. The highest BCUT2D eigenvalue weighted by Gasteiger charge is 2.58. The molecule has 2 amide bonds. The average Bonchev–Trinajstić information content (AvgIpc) is 3.24. The number of pyridine rings is 1. The zero-order chi connectivity index (χ0) is 19.3. The Bertz CT molecular complexity index is 945. The molecule has 8 heteroatoms. The number of thioether (sulfide) groups is 1. The van der Waals surface area contributed by atoms with Gasteiger partial charge in [0.05, 0.1) is 5.69 Å². The van der Waals surface area contributed by atoms with Crippen molar-refractivity contribution in [2.45, 2.75) is 22.6 Å². The van der Waals surface area contributed by atoms with Crippen molar-refractivity contribution in [3.63, 3.8) is 0 Å². The number of aromatic nitrogens is 1. The third kappa shape index (κ3) is 2.73. The van der Waals surface area contributed by atoms with Gasteiger partial charge in [0.15, 0.2) is 4.87 Å². The highest BCUT2D eigenvalue weighted by molar-refractivity contribution is 9.10. The van der Waals surface area contributed by atoms with Gasteiger partial charge < -0.3 is 9.80 Å². The summed E-state index contributed by atoms with van der Waals surface area (Å²) in [4.78, 5) is 36.7. The number of amides is 2. The number of nitrogens with zero attached hydrogens (tertiary/aromatic N) is 4. The first-order valence-corrected chi connectivity index (χ1v) is 11.0. The monoisotopic (exact) mass is 458 g/mol. The van der Waals surface area contributed by atoms with Crippen LogP contribution >= 0.6 is 27.7 Å². The Hall–Kier alpha value is -2.06. The number of carbonyl (C=O) groups excluding carboxylic acids is 2. The van der Waals surface area contributed by atoms with Gasteiger partial charge in [0, 0.05) is 48.2 Å². The van der Waals surface area contributed by atoms with Gasteiger partial charge in [-0.2, -0.15) is 0 Å². The fourth-order valence-electron chi connectivity index (χ4n) is 4.22. The van der Waals surface area contributed by atoms with E-state index in [1.165, 1.54) is 0 Å². The van der Waals surface area contributed by atoms with E-state index in [-0.39, 0.29) is 11.8 Å². The smallest absolute Gasteiger partial charge is 0.259 e. The van der Waals surface area contributed by atoms with Gasteiger partial charge in [0.2, 0.25) is 5.91 Å². The van der Waals surface area contributed by atoms with Crippen molar-refractivity contribution in [2.75, 3.05) is 36.0 Å². The Kier molecular flexibility index (Phi) is 4.35. The Morgan fingerprint density at radius 2 is 1.89 bits per heavy atom. The van der Waals surface area contributed by atoms with Crippen molar-refractivity contribution < 1.29 is 9.59 Å². The van der Waals surface area contributed by atoms with E-state index < -0.39 is 4.87 Å². The second-order valence-corrected chi connectivity index (χ2v) is 9.43. The molecule has 2 aromatic rings. The van der Waals surface area contributed by atoms with Crippen molar-refractivity contribution in [3.8, 4) is 0 Å². The molecule has 1 unspecified atom stereocenters. The van der Waals surface area contributed by atoms with Crippen molar-refractivity contribution in [2.24, 2.45) is 0 Å². The predicted octanol–water partition coefficient (Wildman–Crippen LogP) is 3.12. The minimum atomic E-state index is -0.807. The number of para-hydroxylation sites is 1. The molecule has 3 aliphatic heterocycles. The number of rotatable bonds is 2. The molecular formula is C20H19BrN4O2S. The van der Waals surface area contributed by atoms with Crippen LogP contribution in [-0.2, 0) is 9.59 Å². The molecule has 0 N–H and O–H groups in total. The Balaban J connectivity index is 1.35. The van der Waals surface area contributed by atoms with Crippen molar-refractivity contribution >= 4 is 51.0 Å². The predicted molar refractivity (Wildman–Crippen MR) is 112 cm³/mol. The molecule has 0 radical (unpaired) electrons. The molecule has 2 saturated heterocycles. The van der Waals surface area contributed by atoms with E-state index >= 15 is 0 Å². The van der Waals surface area contributed by atoms with E-state index in [0.29, 0.717) is 25.9 Å². The number of hydrogen-bond acceptors (Lipinski definition) is 5. The molecule has 1 atom stereocenters. The van der Waals surface area contributed by atoms with Gasteiger partial charge in [0.25, 0.3) is 5.91 Å². The molecule has 0 saturated carbocycles. The van der Waals surface area contributed by atoms with Gasteiger partial charge in [0.1, 0.15) is 5.82 Å². The van der Waals surface area contributed by atoms with Gasteiger partial charge in [-0.25, -0.2) is 4.98 Å². The molecule has 0 bridgehead atoms. The minimum Gasteiger partial charge on any atom is -0.353 e. The van der Waals surface area contributed by atoms with Gasteiger partial charge in [-0.15, -0.1) is 0 Å². The lowest BCUT2D eigenvalue weighted by Crippen LogP contribution is -2.58. The summed E-state index contributed by atoms with van der Waals surface area (Å²) in [6, 6.07) is 11.8. The zero-order valence-electron chi connectivity index (χ0n) is 15.2. The normalized spacial score (nSPS) is 23.8. The van der Waals surface area contributed by atoms with Crippen LogP contribution in [0.4, 0.5) is 11.5 Å². The quantitative estimate of drug-likeness (QED) is 0.691. The van der Waals surface area contributed by atoms with Crippen molar-refractivity contribution in [3.05, 3.63) is 47.1 Å². The van der Waals surface area contributed by atoms with Gasteiger partial charge in [-0.3, -0.25) is 14.5 Å². The molecule has 1 aromatic carbocycles. The lowest BCUT2D eigenvalue weighted by Gasteiger charge is -2.40. The maximum absolute atomic E-state index is 13.6. The molecule has 144 valence electrons. The van der Waals surface area contributed by atoms with E-state index in [4.69, 9.17) is 0 Å². The maximum atomic E-state index is 13.6. The number of hydrogen-bond donors (Lipinski definition) is 0. The van der Waals surface area contributed by atoms with Gasteiger partial charge in [-0.1, -0.05) is 23.9 Å². The van der Waals surface area contributed by atoms with E-state index in [2.05, 4.69) is 25.8 Å². The number of piperazine rings is 1. The van der Waals surface area contributed by atoms with Gasteiger partial charge >= 0.3 is 0 Å². The van der Waals surface area contributed by atoms with Crippen LogP contribution in [0.5, 0.6) is 0 Å². The highest BCUT2D eigenvalue weighted by atomic mass is 79.9. The molecule has 2 fully saturated rings. The number of halogens is 1. The van der Waals surface area contributed by atoms with Crippen LogP contribution in [0.1, 0.15) is 12.8 Å². The molecule has 0 spiro atoms. The average molecular weight is 459 g/mol. The number of anilines is 2. The first-order valence-electron chi connectivity index (χ1n) is 9.35. The van der Waals surface area contributed by atoms with E-state index in [9.17, 15) is 9.59 Å². The fraction of sp³-hybridized carbons (Fsp3) is 0.350. The molecular weight excluding hydrogens is 440 g/mol. The minimum absolute atomic E-state index is 0.0449. The SMILES string of the molecule is O=C1CCC2(C(=O)N3CCN(c4ccc(Br)cn4)CC3)Sc3ccccc3N12. The summed E-state index contributed by atoms with van der Waals surface area (Å²) in [5.74, 6) is 1.03. The summed E-state index contributed by atoms with van der Waals surface area (Å²) >= 11 is 4.95. The fourth-order valence-corrected chi connectivity index (χ4v) is 5.94. The molecule has 0 aliphatic carbocycles. The van der Waals surface area contributed by atoms with Crippen LogP contribution in [0.3, 0.4) is 0 Å². The van der Waals surface area contributed by atoms with Crippen LogP contribution < -0.4 is 9.80 Å². The summed E-state index contributed by atoms with van der Waals surface area (Å²) in [7, 11) is 0. The Morgan fingerprint density at radius 1 is 1.11 bits per heavy atom. The second-order valence-electron chi connectivity index (χ2n) is 7.20. The molecule has 4 heterocycles. The molecule has 5 rings (SSSR count). The zero-order valence-corrected chi connectivity index (χ0v) is 17.6. The summed E-state index contributed by atoms with van der Waals surface area (Å²) < 4.78 is 0.952. The van der Waals surface area contributed by atoms with Crippen LogP contribution in [0.15, 0.2) is 52.0 Å². The maximum Gasteiger partial charge on any atom is 0.259 e. The molecule has 28 heavy (non-hydrogen) atoms. The van der Waals surface area contributed by atoms with Crippen LogP contribution in [-0.4, -0.2) is 52.7 Å². The number of fused-ring (bicyclic) bond motifs is 3. The van der Waals surface area contributed by atoms with Crippen molar-refractivity contribution in [1.82, 2.24) is 9.88 Å². The standard InChI is InChI=1S/C20H19BrN4O2S/c21-14-5-6-17(22-13-14)23-9-11-24(12-10-23)19(27)20-8-7-18(26)25(20)15-3-1-2-4-16(15)28-20/h1-6,13H,7-12H2. The van der Waals surface area contributed by atoms with Crippen LogP contribution in [0.25, 0.3) is 0 Å². The van der Waals surface area contributed by atoms with E-state index in [1.807, 2.05) is 41.3 Å². The summed E-state index contributed by atoms with van der Waals surface area (Å²) in [6.07, 6.45) is 2.79. The molecule has 1 aromatic heterocycles. The Morgan fingerprint density at radius 3 is 2.64 bits per heavy atom. The molecule has 3 aliphatic rings. The third-order valence-corrected chi connectivity index (χ3v) is 7.54. The topological polar surface area (TPSA) is 56.8 Å². The molecule has 6 nitrogen and oxygen atoms in total. The third-order valence-electron chi connectivity index (χ3n) is 5.61. The first-order chi connectivity index (χ1) is 13.6. The van der Waals surface area contributed by atoms with Crippen LogP contribution in [0, 0.1) is 0 Å². The van der Waals surface area contributed by atoms with E-state index in [0.717, 1.165) is 34.0 Å². The van der Waals surface area contributed by atoms with Gasteiger partial charge in [-0.05, 0) is 46.6 Å². The lowest BCUT2D eigenvalue weighted by molar-refractivity contribution is -0.134. The van der Waals surface area contributed by atoms with Crippen LogP contribution in [0.2, 0.25) is 0 Å². The lowest BCUT2D eigenvalue weighted by atomic mass is 10.1. The number of benzene rings is 1. The summed E-state index contributed by atoms with van der Waals surface area (Å²) in [5, 5.41) is 0. The van der Waals surface area contributed by atoms with Crippen molar-refractivity contribution in [1.29, 1.82) is 0 Å². The Labute approximate surface area is 176 Å². The number of carbonyl (C=O) groups is 2. The largest absolute Gasteiger partial charge is 0.353 e. The van der Waals surface area contributed by atoms with E-state index in [1.54, 1.807) is 22.9 Å². The highest BCUT2D eigenvalue weighted by Crippen LogP contribution is 2.56. The summed E-state index contributed by atoms with van der Waals surface area (Å²) in [5.41, 5.74) is 0.876. The first kappa shape index (κ1) is 18.0. The second kappa shape index (κ2) is 6.77.